The number of likely N-dealkylation sites (tertiary alicyclic amines) is 1. The summed E-state index contributed by atoms with van der Waals surface area (Å²) in [5.74, 6) is 0. The molecule has 2 aliphatic rings. The lowest BCUT2D eigenvalue weighted by Gasteiger charge is -2.35. The van der Waals surface area contributed by atoms with Crippen molar-refractivity contribution in [1.29, 1.82) is 0 Å². The zero-order valence-corrected chi connectivity index (χ0v) is 12.4. The fraction of sp³-hybridized carbons (Fsp3) is 0.333. The second kappa shape index (κ2) is 5.72. The molecule has 5 heteroatoms. The first-order chi connectivity index (χ1) is 9.69. The molecule has 2 atom stereocenters. The van der Waals surface area contributed by atoms with Gasteiger partial charge in [0.15, 0.2) is 0 Å². The summed E-state index contributed by atoms with van der Waals surface area (Å²) in [4.78, 5) is 25.1. The molecule has 0 saturated carbocycles. The van der Waals surface area contributed by atoms with Crippen molar-refractivity contribution in [3.05, 3.63) is 46.5 Å². The van der Waals surface area contributed by atoms with Gasteiger partial charge in [-0.2, -0.15) is 0 Å². The molecule has 1 unspecified atom stereocenters. The number of carbonyl (C=O) groups is 2. The molecule has 0 radical (unpaired) electrons. The molecule has 0 aliphatic carbocycles. The molecule has 20 heavy (non-hydrogen) atoms. The number of halogens is 1. The molecule has 1 aromatic carbocycles. The van der Waals surface area contributed by atoms with E-state index < -0.39 is 0 Å². The number of rotatable bonds is 3. The van der Waals surface area contributed by atoms with Gasteiger partial charge in [0.1, 0.15) is 6.29 Å². The van der Waals surface area contributed by atoms with Crippen LogP contribution in [0.5, 0.6) is 0 Å². The maximum atomic E-state index is 11.5. The van der Waals surface area contributed by atoms with Gasteiger partial charge in [0.05, 0.1) is 6.04 Å². The van der Waals surface area contributed by atoms with Crippen molar-refractivity contribution in [3.63, 3.8) is 0 Å². The summed E-state index contributed by atoms with van der Waals surface area (Å²) >= 11 is 7.59. The zero-order valence-electron chi connectivity index (χ0n) is 10.8. The highest BCUT2D eigenvalue weighted by Gasteiger charge is 2.34. The molecule has 2 aliphatic heterocycles. The van der Waals surface area contributed by atoms with Gasteiger partial charge >= 0.3 is 0 Å². The van der Waals surface area contributed by atoms with Gasteiger partial charge in [0.25, 0.3) is 0 Å². The van der Waals surface area contributed by atoms with Crippen LogP contribution in [0.15, 0.2) is 35.9 Å². The first-order valence-electron chi connectivity index (χ1n) is 6.54. The van der Waals surface area contributed by atoms with Crippen LogP contribution in [0.25, 0.3) is 0 Å². The van der Waals surface area contributed by atoms with E-state index in [0.29, 0.717) is 16.8 Å². The molecule has 0 N–H and O–H groups in total. The molecular formula is C15H14ClNO2S. The van der Waals surface area contributed by atoms with Crippen LogP contribution in [0.1, 0.15) is 18.0 Å². The molecule has 1 saturated heterocycles. The molecule has 0 amide bonds. The Morgan fingerprint density at radius 3 is 2.95 bits per heavy atom. The van der Waals surface area contributed by atoms with Gasteiger partial charge in [0, 0.05) is 23.4 Å². The van der Waals surface area contributed by atoms with Crippen molar-refractivity contribution in [3.8, 4) is 0 Å². The third-order valence-electron chi connectivity index (χ3n) is 3.79. The summed E-state index contributed by atoms with van der Waals surface area (Å²) in [6.07, 6.45) is 3.55. The molecule has 0 bridgehead atoms. The van der Waals surface area contributed by atoms with Crippen LogP contribution >= 0.6 is 23.4 Å². The zero-order chi connectivity index (χ0) is 14.1. The number of fused-ring (bicyclic) bond motifs is 1. The summed E-state index contributed by atoms with van der Waals surface area (Å²) in [7, 11) is 0. The molecule has 3 nitrogen and oxygen atoms in total. The summed E-state index contributed by atoms with van der Waals surface area (Å²) in [5, 5.41) is 1.04. The standard InChI is InChI=1S/C15H14ClNO2S/c16-12-4-2-1-3-11(12)13(9-18)17-6-5-14-10(8-17)7-15(19)20-14/h1-4,7,9,13-14H,5-6,8H2/t13-,14?/m1/s1. The van der Waals surface area contributed by atoms with E-state index in [2.05, 4.69) is 4.90 Å². The Kier molecular flexibility index (Phi) is 3.96. The SMILES string of the molecule is O=C[C@H](c1ccccc1Cl)N1CCC2SC(=O)C=C2C1. The Labute approximate surface area is 127 Å². The lowest BCUT2D eigenvalue weighted by Crippen LogP contribution is -2.39. The summed E-state index contributed by atoms with van der Waals surface area (Å²) < 4.78 is 0. The average Bonchev–Trinajstić information content (AvgIpc) is 2.81. The highest BCUT2D eigenvalue weighted by atomic mass is 35.5. The van der Waals surface area contributed by atoms with E-state index in [4.69, 9.17) is 11.6 Å². The fourth-order valence-electron chi connectivity index (χ4n) is 2.79. The smallest absolute Gasteiger partial charge is 0.212 e. The maximum Gasteiger partial charge on any atom is 0.212 e. The third kappa shape index (κ3) is 2.55. The van der Waals surface area contributed by atoms with E-state index in [9.17, 15) is 9.59 Å². The van der Waals surface area contributed by atoms with Gasteiger partial charge in [-0.3, -0.25) is 9.69 Å². The van der Waals surface area contributed by atoms with Gasteiger partial charge < -0.3 is 4.79 Å². The van der Waals surface area contributed by atoms with E-state index in [1.807, 2.05) is 18.2 Å². The number of piperidine rings is 1. The Morgan fingerprint density at radius 1 is 1.40 bits per heavy atom. The number of hydrogen-bond donors (Lipinski definition) is 0. The van der Waals surface area contributed by atoms with Crippen LogP contribution in [-0.4, -0.2) is 34.6 Å². The quantitative estimate of drug-likeness (QED) is 0.805. The molecule has 3 rings (SSSR count). The number of hydrogen-bond acceptors (Lipinski definition) is 4. The maximum absolute atomic E-state index is 11.5. The second-order valence-corrected chi connectivity index (χ2v) is 6.62. The van der Waals surface area contributed by atoms with Gasteiger partial charge in [-0.15, -0.1) is 0 Å². The van der Waals surface area contributed by atoms with Crippen molar-refractivity contribution in [2.45, 2.75) is 17.7 Å². The lowest BCUT2D eigenvalue weighted by atomic mass is 9.99. The van der Waals surface area contributed by atoms with E-state index in [1.165, 1.54) is 11.8 Å². The highest BCUT2D eigenvalue weighted by molar-refractivity contribution is 8.15. The molecule has 2 heterocycles. The first kappa shape index (κ1) is 13.9. The van der Waals surface area contributed by atoms with E-state index in [1.54, 1.807) is 12.1 Å². The fourth-order valence-corrected chi connectivity index (χ4v) is 4.06. The van der Waals surface area contributed by atoms with E-state index in [-0.39, 0.29) is 11.2 Å². The van der Waals surface area contributed by atoms with Crippen LogP contribution in [0.4, 0.5) is 0 Å². The Balaban J connectivity index is 1.84. The summed E-state index contributed by atoms with van der Waals surface area (Å²) in [6, 6.07) is 7.09. The monoisotopic (exact) mass is 307 g/mol. The number of aldehydes is 1. The summed E-state index contributed by atoms with van der Waals surface area (Å²) in [6.45, 7) is 1.47. The van der Waals surface area contributed by atoms with Crippen LogP contribution in [0.3, 0.4) is 0 Å². The van der Waals surface area contributed by atoms with E-state index >= 15 is 0 Å². The lowest BCUT2D eigenvalue weighted by molar-refractivity contribution is -0.112. The van der Waals surface area contributed by atoms with Crippen LogP contribution in [0.2, 0.25) is 5.02 Å². The minimum atomic E-state index is -0.341. The normalized spacial score (nSPS) is 24.1. The van der Waals surface area contributed by atoms with Gasteiger partial charge in [-0.1, -0.05) is 41.6 Å². The molecule has 104 valence electrons. The first-order valence-corrected chi connectivity index (χ1v) is 7.79. The minimum Gasteiger partial charge on any atom is -0.301 e. The molecular weight excluding hydrogens is 294 g/mol. The average molecular weight is 308 g/mol. The topological polar surface area (TPSA) is 37.4 Å². The highest BCUT2D eigenvalue weighted by Crippen LogP contribution is 2.37. The third-order valence-corrected chi connectivity index (χ3v) is 5.30. The molecule has 1 aromatic rings. The second-order valence-electron chi connectivity index (χ2n) is 5.01. The van der Waals surface area contributed by atoms with Crippen molar-refractivity contribution >= 4 is 34.8 Å². The van der Waals surface area contributed by atoms with E-state index in [0.717, 1.165) is 30.4 Å². The van der Waals surface area contributed by atoms with Crippen molar-refractivity contribution in [2.75, 3.05) is 13.1 Å². The van der Waals surface area contributed by atoms with Crippen LogP contribution in [0, 0.1) is 0 Å². The number of nitrogens with zero attached hydrogens (tertiary/aromatic N) is 1. The largest absolute Gasteiger partial charge is 0.301 e. The predicted octanol–water partition coefficient (Wildman–Crippen LogP) is 2.85. The van der Waals surface area contributed by atoms with Gasteiger partial charge in [-0.05, 0) is 29.7 Å². The summed E-state index contributed by atoms with van der Waals surface area (Å²) in [5.41, 5.74) is 1.96. The molecule has 0 spiro atoms. The minimum absolute atomic E-state index is 0.132. The van der Waals surface area contributed by atoms with Crippen molar-refractivity contribution < 1.29 is 9.59 Å². The van der Waals surface area contributed by atoms with Crippen LogP contribution < -0.4 is 0 Å². The van der Waals surface area contributed by atoms with Gasteiger partial charge in [-0.25, -0.2) is 0 Å². The van der Waals surface area contributed by atoms with Gasteiger partial charge in [0.2, 0.25) is 5.12 Å². The number of benzene rings is 1. The Morgan fingerprint density at radius 2 is 2.20 bits per heavy atom. The molecule has 1 fully saturated rings. The number of thioether (sulfide) groups is 1. The molecule has 0 aromatic heterocycles. The van der Waals surface area contributed by atoms with Crippen molar-refractivity contribution in [2.24, 2.45) is 0 Å². The van der Waals surface area contributed by atoms with Crippen LogP contribution in [-0.2, 0) is 9.59 Å². The number of carbonyl (C=O) groups excluding carboxylic acids is 2. The Bertz CT molecular complexity index is 587. The van der Waals surface area contributed by atoms with Crippen molar-refractivity contribution in [1.82, 2.24) is 4.90 Å². The predicted molar refractivity (Wildman–Crippen MR) is 80.9 cm³/mol. The Hall–Kier alpha value is -1.10.